The second-order valence-corrected chi connectivity index (χ2v) is 23.2. The minimum atomic E-state index is -4.35. The molecule has 0 heterocycles. The molecule has 9 heteroatoms. The van der Waals surface area contributed by atoms with Crippen LogP contribution in [0.2, 0.25) is 0 Å². The molecule has 3 atom stereocenters. The van der Waals surface area contributed by atoms with E-state index in [1.54, 1.807) is 6.08 Å². The van der Waals surface area contributed by atoms with Gasteiger partial charge < -0.3 is 19.8 Å². The Balaban J connectivity index is 4.19. The van der Waals surface area contributed by atoms with Gasteiger partial charge in [0.25, 0.3) is 0 Å². The molecule has 69 heavy (non-hydrogen) atoms. The zero-order valence-electron chi connectivity index (χ0n) is 46.6. The van der Waals surface area contributed by atoms with Gasteiger partial charge in [0.05, 0.1) is 39.9 Å². The molecule has 0 radical (unpaired) electrons. The van der Waals surface area contributed by atoms with Crippen LogP contribution in [0.1, 0.15) is 290 Å². The van der Waals surface area contributed by atoms with E-state index < -0.39 is 20.0 Å². The molecule has 3 unspecified atom stereocenters. The van der Waals surface area contributed by atoms with Gasteiger partial charge in [-0.25, -0.2) is 4.57 Å². The standard InChI is InChI=1S/C60H117N2O6P/c1-6-8-10-12-14-16-18-20-22-24-26-28-30-32-33-35-37-39-41-43-45-47-49-51-53-59(63)58(57-68-69(65,66)67-56-55-62(3,4)5)61-60(64)54-52-50-48-46-44-42-40-38-36-34-31-29-27-25-23-21-19-17-15-13-11-9-7-2/h19,21,25,27,51,53,58-59,63H,6-18,20,22-24,26,28-50,52,54-57H2,1-5H3,(H-,61,64,65,66)/p+1/b21-19-,27-25-,53-51+. The number of quaternary nitrogens is 1. The van der Waals surface area contributed by atoms with Gasteiger partial charge in [-0.2, -0.15) is 0 Å². The number of aliphatic hydroxyl groups excluding tert-OH is 1. The number of amides is 1. The molecule has 0 aromatic carbocycles. The summed E-state index contributed by atoms with van der Waals surface area (Å²) in [5.74, 6) is -0.176. The molecule has 0 aliphatic rings. The van der Waals surface area contributed by atoms with E-state index in [0.29, 0.717) is 17.4 Å². The van der Waals surface area contributed by atoms with Crippen LogP contribution in [0.25, 0.3) is 0 Å². The van der Waals surface area contributed by atoms with Crippen molar-refractivity contribution in [2.75, 3.05) is 40.9 Å². The van der Waals surface area contributed by atoms with Gasteiger partial charge in [-0.05, 0) is 51.4 Å². The SMILES string of the molecule is CCCCCCC/C=C\C/C=C\CCCCCCCCCCCCCC(=O)NC(COP(=O)(O)OCC[N+](C)(C)C)C(O)/C=C/CCCCCCCCCCCCCCCCCCCCCCCC. The van der Waals surface area contributed by atoms with Gasteiger partial charge in [0, 0.05) is 6.42 Å². The van der Waals surface area contributed by atoms with Gasteiger partial charge in [0.1, 0.15) is 13.2 Å². The Morgan fingerprint density at radius 3 is 1.19 bits per heavy atom. The summed E-state index contributed by atoms with van der Waals surface area (Å²) in [6.07, 6.45) is 66.7. The largest absolute Gasteiger partial charge is 0.472 e. The van der Waals surface area contributed by atoms with Crippen molar-refractivity contribution in [1.82, 2.24) is 5.32 Å². The Labute approximate surface area is 429 Å². The Kier molecular flexibility index (Phi) is 50.7. The topological polar surface area (TPSA) is 105 Å². The summed E-state index contributed by atoms with van der Waals surface area (Å²) in [6, 6.07) is -0.848. The van der Waals surface area contributed by atoms with E-state index in [9.17, 15) is 19.4 Å². The zero-order valence-corrected chi connectivity index (χ0v) is 47.5. The van der Waals surface area contributed by atoms with Crippen LogP contribution < -0.4 is 5.32 Å². The van der Waals surface area contributed by atoms with Gasteiger partial charge in [-0.3, -0.25) is 13.8 Å². The number of carbonyl (C=O) groups is 1. The predicted octanol–water partition coefficient (Wildman–Crippen LogP) is 18.2. The number of phosphoric acid groups is 1. The average Bonchev–Trinajstić information content (AvgIpc) is 3.31. The van der Waals surface area contributed by atoms with Crippen LogP contribution in [-0.2, 0) is 18.4 Å². The highest BCUT2D eigenvalue weighted by Crippen LogP contribution is 2.43. The third kappa shape index (κ3) is 54.3. The lowest BCUT2D eigenvalue weighted by Gasteiger charge is -2.25. The Hall–Kier alpha value is -1.28. The molecule has 408 valence electrons. The van der Waals surface area contributed by atoms with Crippen LogP contribution in [-0.4, -0.2) is 73.4 Å². The predicted molar refractivity (Wildman–Crippen MR) is 300 cm³/mol. The fourth-order valence-electron chi connectivity index (χ4n) is 8.90. The fraction of sp³-hybridized carbons (Fsp3) is 0.883. The van der Waals surface area contributed by atoms with E-state index in [1.807, 2.05) is 27.2 Å². The number of phosphoric ester groups is 1. The highest BCUT2D eigenvalue weighted by atomic mass is 31.2. The van der Waals surface area contributed by atoms with Crippen LogP contribution in [0.4, 0.5) is 0 Å². The first-order valence-corrected chi connectivity index (χ1v) is 31.4. The van der Waals surface area contributed by atoms with E-state index in [-0.39, 0.29) is 19.1 Å². The number of hydrogen-bond donors (Lipinski definition) is 3. The number of likely N-dealkylation sites (N-methyl/N-ethyl adjacent to an activating group) is 1. The van der Waals surface area contributed by atoms with Gasteiger partial charge in [-0.15, -0.1) is 0 Å². The Morgan fingerprint density at radius 1 is 0.493 bits per heavy atom. The molecule has 0 aromatic heterocycles. The highest BCUT2D eigenvalue weighted by Gasteiger charge is 2.27. The van der Waals surface area contributed by atoms with Crippen LogP contribution in [0, 0.1) is 0 Å². The smallest absolute Gasteiger partial charge is 0.387 e. The first-order chi connectivity index (χ1) is 33.5. The summed E-state index contributed by atoms with van der Waals surface area (Å²) in [5, 5.41) is 14.0. The fourth-order valence-corrected chi connectivity index (χ4v) is 9.63. The molecule has 0 aliphatic carbocycles. The maximum absolute atomic E-state index is 13.0. The van der Waals surface area contributed by atoms with Gasteiger partial charge >= 0.3 is 7.82 Å². The number of nitrogens with one attached hydrogen (secondary N) is 1. The molecule has 0 fully saturated rings. The van der Waals surface area contributed by atoms with Crippen molar-refractivity contribution in [3.63, 3.8) is 0 Å². The van der Waals surface area contributed by atoms with Crippen molar-refractivity contribution in [2.24, 2.45) is 0 Å². The lowest BCUT2D eigenvalue weighted by Crippen LogP contribution is -2.45. The minimum absolute atomic E-state index is 0.0618. The summed E-state index contributed by atoms with van der Waals surface area (Å²) in [6.45, 7) is 4.84. The number of nitrogens with zero attached hydrogens (tertiary/aromatic N) is 1. The number of hydrogen-bond acceptors (Lipinski definition) is 5. The number of carbonyl (C=O) groups excluding carboxylic acids is 1. The Morgan fingerprint density at radius 2 is 0.826 bits per heavy atom. The summed E-state index contributed by atoms with van der Waals surface area (Å²) in [7, 11) is 1.58. The maximum Gasteiger partial charge on any atom is 0.472 e. The maximum atomic E-state index is 13.0. The summed E-state index contributed by atoms with van der Waals surface area (Å²) < 4.78 is 23.7. The lowest BCUT2D eigenvalue weighted by atomic mass is 10.0. The highest BCUT2D eigenvalue weighted by molar-refractivity contribution is 7.47. The van der Waals surface area contributed by atoms with E-state index in [0.717, 1.165) is 44.9 Å². The second-order valence-electron chi connectivity index (χ2n) is 21.7. The van der Waals surface area contributed by atoms with Crippen molar-refractivity contribution in [1.29, 1.82) is 0 Å². The van der Waals surface area contributed by atoms with Crippen molar-refractivity contribution < 1.29 is 32.9 Å². The summed E-state index contributed by atoms with van der Waals surface area (Å²) in [4.78, 5) is 23.3. The minimum Gasteiger partial charge on any atom is -0.387 e. The molecular weight excluding hydrogens is 876 g/mol. The first kappa shape index (κ1) is 67.7. The molecule has 0 spiro atoms. The third-order valence-corrected chi connectivity index (χ3v) is 14.6. The molecule has 0 aliphatic heterocycles. The summed E-state index contributed by atoms with van der Waals surface area (Å²) >= 11 is 0. The molecular formula is C60H118N2O6P+. The van der Waals surface area contributed by atoms with Crippen LogP contribution in [0.3, 0.4) is 0 Å². The quantitative estimate of drug-likeness (QED) is 0.0243. The van der Waals surface area contributed by atoms with E-state index in [1.165, 1.54) is 225 Å². The second kappa shape index (κ2) is 51.6. The zero-order chi connectivity index (χ0) is 50.6. The molecule has 0 aromatic rings. The average molecular weight is 995 g/mol. The van der Waals surface area contributed by atoms with Crippen molar-refractivity contribution in [3.8, 4) is 0 Å². The van der Waals surface area contributed by atoms with Gasteiger partial charge in [-0.1, -0.05) is 269 Å². The van der Waals surface area contributed by atoms with Gasteiger partial charge in [0.15, 0.2) is 0 Å². The number of unbranched alkanes of at least 4 members (excludes halogenated alkanes) is 38. The van der Waals surface area contributed by atoms with Crippen molar-refractivity contribution in [3.05, 3.63) is 36.5 Å². The molecule has 0 saturated heterocycles. The van der Waals surface area contributed by atoms with Crippen molar-refractivity contribution in [2.45, 2.75) is 302 Å². The normalized spacial score (nSPS) is 14.1. The van der Waals surface area contributed by atoms with Crippen LogP contribution in [0.15, 0.2) is 36.5 Å². The number of allylic oxidation sites excluding steroid dienone is 5. The first-order valence-electron chi connectivity index (χ1n) is 29.9. The molecule has 8 nitrogen and oxygen atoms in total. The van der Waals surface area contributed by atoms with E-state index in [4.69, 9.17) is 9.05 Å². The third-order valence-electron chi connectivity index (χ3n) is 13.6. The monoisotopic (exact) mass is 994 g/mol. The molecule has 0 rings (SSSR count). The summed E-state index contributed by atoms with van der Waals surface area (Å²) in [5.41, 5.74) is 0. The van der Waals surface area contributed by atoms with Crippen LogP contribution in [0.5, 0.6) is 0 Å². The molecule has 0 bridgehead atoms. The Bertz CT molecular complexity index is 1220. The molecule has 1 amide bonds. The van der Waals surface area contributed by atoms with Crippen molar-refractivity contribution >= 4 is 13.7 Å². The van der Waals surface area contributed by atoms with E-state index >= 15 is 0 Å². The molecule has 0 saturated carbocycles. The lowest BCUT2D eigenvalue weighted by molar-refractivity contribution is -0.870. The van der Waals surface area contributed by atoms with E-state index in [2.05, 4.69) is 43.5 Å². The van der Waals surface area contributed by atoms with Gasteiger partial charge in [0.2, 0.25) is 5.91 Å². The number of rotatable bonds is 55. The number of aliphatic hydroxyl groups is 1. The van der Waals surface area contributed by atoms with Crippen LogP contribution >= 0.6 is 7.82 Å². The molecule has 3 N–H and O–H groups in total.